The van der Waals surface area contributed by atoms with E-state index in [1.54, 1.807) is 0 Å². The summed E-state index contributed by atoms with van der Waals surface area (Å²) in [7, 11) is 0. The number of unbranched alkanes of at least 4 members (excludes halogenated alkanes) is 3. The van der Waals surface area contributed by atoms with E-state index in [1.165, 1.54) is 12.8 Å². The second-order valence-corrected chi connectivity index (χ2v) is 2.64. The van der Waals surface area contributed by atoms with Crippen LogP contribution in [0.25, 0.3) is 0 Å². The smallest absolute Gasteiger partial charge is 0.370 e. The molecular weight excluding hydrogens is 156 g/mol. The molecule has 0 radical (unpaired) electrons. The monoisotopic (exact) mass is 172 g/mol. The minimum absolute atomic E-state index is 0.161. The van der Waals surface area contributed by atoms with E-state index in [2.05, 4.69) is 13.5 Å². The van der Waals surface area contributed by atoms with Gasteiger partial charge in [-0.3, -0.25) is 0 Å². The van der Waals surface area contributed by atoms with Gasteiger partial charge in [0.15, 0.2) is 5.76 Å². The van der Waals surface area contributed by atoms with E-state index in [0.717, 1.165) is 12.8 Å². The number of hydrogen-bond donors (Lipinski definition) is 1. The maximum absolute atomic E-state index is 10.2. The lowest BCUT2D eigenvalue weighted by molar-refractivity contribution is -0.136. The molecule has 0 aliphatic carbocycles. The fraction of sp³-hybridized carbons (Fsp3) is 0.667. The molecule has 12 heavy (non-hydrogen) atoms. The summed E-state index contributed by atoms with van der Waals surface area (Å²) in [5.74, 6) is -1.24. The lowest BCUT2D eigenvalue weighted by atomic mass is 10.2. The van der Waals surface area contributed by atoms with Gasteiger partial charge in [0.2, 0.25) is 0 Å². The summed E-state index contributed by atoms with van der Waals surface area (Å²) in [5, 5.41) is 8.36. The molecule has 0 aliphatic heterocycles. The summed E-state index contributed by atoms with van der Waals surface area (Å²) < 4.78 is 4.86. The second-order valence-electron chi connectivity index (χ2n) is 2.64. The normalized spacial score (nSPS) is 9.42. The SMILES string of the molecule is C=C(OCCCCCC)C(=O)O. The molecule has 0 aromatic heterocycles. The van der Waals surface area contributed by atoms with Crippen molar-refractivity contribution in [3.05, 3.63) is 12.3 Å². The Morgan fingerprint density at radius 2 is 2.08 bits per heavy atom. The van der Waals surface area contributed by atoms with Gasteiger partial charge >= 0.3 is 5.97 Å². The molecule has 0 spiro atoms. The van der Waals surface area contributed by atoms with Crippen molar-refractivity contribution in [1.29, 1.82) is 0 Å². The summed E-state index contributed by atoms with van der Waals surface area (Å²) in [4.78, 5) is 10.2. The maximum atomic E-state index is 10.2. The third-order valence-electron chi connectivity index (χ3n) is 1.51. The second kappa shape index (κ2) is 6.70. The lowest BCUT2D eigenvalue weighted by Crippen LogP contribution is -2.04. The topological polar surface area (TPSA) is 46.5 Å². The first kappa shape index (κ1) is 11.0. The minimum atomic E-state index is -1.08. The Kier molecular flexibility index (Phi) is 6.15. The van der Waals surface area contributed by atoms with Gasteiger partial charge < -0.3 is 9.84 Å². The predicted octanol–water partition coefficient (Wildman–Crippen LogP) is 2.18. The maximum Gasteiger partial charge on any atom is 0.370 e. The van der Waals surface area contributed by atoms with Crippen LogP contribution >= 0.6 is 0 Å². The van der Waals surface area contributed by atoms with E-state index in [1.807, 2.05) is 0 Å². The first-order chi connectivity index (χ1) is 5.68. The van der Waals surface area contributed by atoms with Crippen LogP contribution in [-0.2, 0) is 9.53 Å². The number of rotatable bonds is 7. The van der Waals surface area contributed by atoms with Crippen LogP contribution in [0.5, 0.6) is 0 Å². The highest BCUT2D eigenvalue weighted by atomic mass is 16.5. The minimum Gasteiger partial charge on any atom is -0.487 e. The fourth-order valence-electron chi connectivity index (χ4n) is 0.786. The third-order valence-corrected chi connectivity index (χ3v) is 1.51. The molecule has 0 atom stereocenters. The highest BCUT2D eigenvalue weighted by Gasteiger charge is 2.02. The van der Waals surface area contributed by atoms with Gasteiger partial charge in [-0.1, -0.05) is 26.2 Å². The molecule has 0 saturated carbocycles. The van der Waals surface area contributed by atoms with Crippen LogP contribution < -0.4 is 0 Å². The van der Waals surface area contributed by atoms with E-state index in [0.29, 0.717) is 6.61 Å². The van der Waals surface area contributed by atoms with Crippen molar-refractivity contribution in [2.45, 2.75) is 32.6 Å². The number of aliphatic carboxylic acids is 1. The van der Waals surface area contributed by atoms with E-state index < -0.39 is 5.97 Å². The fourth-order valence-corrected chi connectivity index (χ4v) is 0.786. The Balaban J connectivity index is 3.20. The predicted molar refractivity (Wildman–Crippen MR) is 46.9 cm³/mol. The van der Waals surface area contributed by atoms with Gasteiger partial charge in [-0.2, -0.15) is 0 Å². The first-order valence-corrected chi connectivity index (χ1v) is 4.23. The van der Waals surface area contributed by atoms with Crippen molar-refractivity contribution in [3.8, 4) is 0 Å². The number of carboxylic acid groups (broad SMARTS) is 1. The molecule has 0 aliphatic rings. The molecule has 0 saturated heterocycles. The average Bonchev–Trinajstić information content (AvgIpc) is 2.03. The van der Waals surface area contributed by atoms with E-state index in [9.17, 15) is 4.79 Å². The molecule has 0 heterocycles. The number of ether oxygens (including phenoxy) is 1. The molecule has 0 bridgehead atoms. The zero-order valence-corrected chi connectivity index (χ0v) is 7.51. The van der Waals surface area contributed by atoms with Crippen LogP contribution in [-0.4, -0.2) is 17.7 Å². The molecule has 0 aromatic carbocycles. The van der Waals surface area contributed by atoms with Gasteiger partial charge in [-0.15, -0.1) is 0 Å². The molecular formula is C9H16O3. The molecule has 0 rings (SSSR count). The van der Waals surface area contributed by atoms with Gasteiger partial charge in [-0.05, 0) is 13.0 Å². The Morgan fingerprint density at radius 3 is 2.58 bits per heavy atom. The third kappa shape index (κ3) is 5.77. The molecule has 0 amide bonds. The van der Waals surface area contributed by atoms with Crippen LogP contribution in [0.3, 0.4) is 0 Å². The average molecular weight is 172 g/mol. The lowest BCUT2D eigenvalue weighted by Gasteiger charge is -2.03. The summed E-state index contributed by atoms with van der Waals surface area (Å²) >= 11 is 0. The largest absolute Gasteiger partial charge is 0.487 e. The summed E-state index contributed by atoms with van der Waals surface area (Å²) in [6, 6.07) is 0. The Labute approximate surface area is 73.0 Å². The van der Waals surface area contributed by atoms with Crippen molar-refractivity contribution in [1.82, 2.24) is 0 Å². The van der Waals surface area contributed by atoms with E-state index in [-0.39, 0.29) is 5.76 Å². The van der Waals surface area contributed by atoms with Crippen molar-refractivity contribution in [2.24, 2.45) is 0 Å². The van der Waals surface area contributed by atoms with Gasteiger partial charge in [0.1, 0.15) is 0 Å². The van der Waals surface area contributed by atoms with E-state index >= 15 is 0 Å². The zero-order valence-electron chi connectivity index (χ0n) is 7.51. The number of hydrogen-bond acceptors (Lipinski definition) is 2. The molecule has 70 valence electrons. The first-order valence-electron chi connectivity index (χ1n) is 4.23. The number of carboxylic acids is 1. The van der Waals surface area contributed by atoms with Crippen LogP contribution in [0.1, 0.15) is 32.6 Å². The van der Waals surface area contributed by atoms with Crippen molar-refractivity contribution < 1.29 is 14.6 Å². The molecule has 3 nitrogen and oxygen atoms in total. The standard InChI is InChI=1S/C9H16O3/c1-3-4-5-6-7-12-8(2)9(10)11/h2-7H2,1H3,(H,10,11). The van der Waals surface area contributed by atoms with Crippen molar-refractivity contribution >= 4 is 5.97 Å². The highest BCUT2D eigenvalue weighted by molar-refractivity contribution is 5.83. The summed E-state index contributed by atoms with van der Waals surface area (Å²) in [6.07, 6.45) is 4.33. The van der Waals surface area contributed by atoms with Crippen LogP contribution in [0.2, 0.25) is 0 Å². The quantitative estimate of drug-likeness (QED) is 0.363. The van der Waals surface area contributed by atoms with Crippen molar-refractivity contribution in [2.75, 3.05) is 6.61 Å². The van der Waals surface area contributed by atoms with Gasteiger partial charge in [0, 0.05) is 0 Å². The Morgan fingerprint density at radius 1 is 1.42 bits per heavy atom. The van der Waals surface area contributed by atoms with Gasteiger partial charge in [0.05, 0.1) is 6.61 Å². The summed E-state index contributed by atoms with van der Waals surface area (Å²) in [5.41, 5.74) is 0. The molecule has 0 fully saturated rings. The summed E-state index contributed by atoms with van der Waals surface area (Å²) in [6.45, 7) is 5.84. The van der Waals surface area contributed by atoms with Gasteiger partial charge in [0.25, 0.3) is 0 Å². The van der Waals surface area contributed by atoms with Crippen LogP contribution in [0.4, 0.5) is 0 Å². The molecule has 0 unspecified atom stereocenters. The molecule has 1 N–H and O–H groups in total. The zero-order chi connectivity index (χ0) is 9.40. The van der Waals surface area contributed by atoms with Crippen LogP contribution in [0, 0.1) is 0 Å². The number of carbonyl (C=O) groups is 1. The Hall–Kier alpha value is -0.990. The molecule has 0 aromatic rings. The van der Waals surface area contributed by atoms with E-state index in [4.69, 9.17) is 9.84 Å². The highest BCUT2D eigenvalue weighted by Crippen LogP contribution is 2.01. The van der Waals surface area contributed by atoms with Gasteiger partial charge in [-0.25, -0.2) is 4.79 Å². The van der Waals surface area contributed by atoms with Crippen molar-refractivity contribution in [3.63, 3.8) is 0 Å². The van der Waals surface area contributed by atoms with Crippen LogP contribution in [0.15, 0.2) is 12.3 Å². The Bertz CT molecular complexity index is 152. The molecule has 3 heteroatoms.